The Morgan fingerprint density at radius 2 is 2.15 bits per heavy atom. The van der Waals surface area contributed by atoms with Gasteiger partial charge in [0.25, 0.3) is 5.16 Å². The van der Waals surface area contributed by atoms with E-state index >= 15 is 0 Å². The molecule has 0 unspecified atom stereocenters. The van der Waals surface area contributed by atoms with Crippen molar-refractivity contribution in [2.24, 2.45) is 0 Å². The summed E-state index contributed by atoms with van der Waals surface area (Å²) >= 11 is 0. The molecule has 0 aliphatic heterocycles. The van der Waals surface area contributed by atoms with E-state index in [-0.39, 0.29) is 5.65 Å². The van der Waals surface area contributed by atoms with Gasteiger partial charge in [-0.25, -0.2) is 4.98 Å². The summed E-state index contributed by atoms with van der Waals surface area (Å²) in [7, 11) is -4.38. The van der Waals surface area contributed by atoms with Gasteiger partial charge in [-0.3, -0.25) is 4.55 Å². The Bertz CT molecular complexity index is 546. The van der Waals surface area contributed by atoms with Crippen LogP contribution < -0.4 is 0 Å². The molecule has 2 aromatic rings. The van der Waals surface area contributed by atoms with Crippen LogP contribution in [-0.4, -0.2) is 38.3 Å². The van der Waals surface area contributed by atoms with Crippen LogP contribution >= 0.6 is 0 Å². The van der Waals surface area contributed by atoms with E-state index in [0.29, 0.717) is 5.52 Å². The first-order valence-electron chi connectivity index (χ1n) is 3.08. The number of nitrogens with one attached hydrogen (secondary N) is 1. The van der Waals surface area contributed by atoms with Gasteiger partial charge in [0, 0.05) is 0 Å². The minimum absolute atomic E-state index is 0.0858. The summed E-state index contributed by atoms with van der Waals surface area (Å²) in [5.41, 5.74) is 0.412. The molecule has 0 aromatic carbocycles. The number of fused-ring (bicyclic) bond motifs is 1. The molecule has 8 nitrogen and oxygen atoms in total. The van der Waals surface area contributed by atoms with Crippen LogP contribution in [0.1, 0.15) is 0 Å². The van der Waals surface area contributed by atoms with Gasteiger partial charge >= 0.3 is 10.1 Å². The fraction of sp³-hybridized carbons (Fsp3) is 0. The van der Waals surface area contributed by atoms with Crippen molar-refractivity contribution in [3.8, 4) is 0 Å². The molecule has 0 amide bonds. The van der Waals surface area contributed by atoms with Gasteiger partial charge in [-0.15, -0.1) is 5.10 Å². The maximum atomic E-state index is 10.6. The van der Waals surface area contributed by atoms with Gasteiger partial charge in [-0.2, -0.15) is 23.7 Å². The van der Waals surface area contributed by atoms with Crippen molar-refractivity contribution in [2.45, 2.75) is 5.16 Å². The van der Waals surface area contributed by atoms with Crippen LogP contribution in [0.25, 0.3) is 11.2 Å². The Balaban J connectivity index is 2.75. The molecule has 2 rings (SSSR count). The van der Waals surface area contributed by atoms with Crippen LogP contribution in [0.15, 0.2) is 11.4 Å². The zero-order valence-electron chi connectivity index (χ0n) is 6.04. The summed E-state index contributed by atoms with van der Waals surface area (Å²) in [5.74, 6) is 0. The number of aromatic nitrogens is 5. The van der Waals surface area contributed by atoms with Crippen molar-refractivity contribution >= 4 is 21.3 Å². The minimum Gasteiger partial charge on any atom is -0.279 e. The Hall–Kier alpha value is -1.61. The van der Waals surface area contributed by atoms with E-state index in [9.17, 15) is 8.42 Å². The SMILES string of the molecule is O=S(=O)(O)c1ncc2n[nH]nc2n1. The fourth-order valence-corrected chi connectivity index (χ4v) is 1.15. The molecule has 0 bridgehead atoms. The maximum Gasteiger partial charge on any atom is 0.330 e. The molecular weight excluding hydrogens is 198 g/mol. The second-order valence-corrected chi connectivity index (χ2v) is 3.48. The van der Waals surface area contributed by atoms with E-state index in [2.05, 4.69) is 25.4 Å². The maximum absolute atomic E-state index is 10.6. The lowest BCUT2D eigenvalue weighted by molar-refractivity contribution is 0.474. The molecule has 13 heavy (non-hydrogen) atoms. The molecule has 2 N–H and O–H groups in total. The van der Waals surface area contributed by atoms with E-state index in [0.717, 1.165) is 6.20 Å². The highest BCUT2D eigenvalue weighted by Gasteiger charge is 2.14. The molecule has 2 aromatic heterocycles. The van der Waals surface area contributed by atoms with Crippen molar-refractivity contribution in [3.05, 3.63) is 6.20 Å². The third-order valence-corrected chi connectivity index (χ3v) is 1.94. The molecule has 0 fully saturated rings. The lowest BCUT2D eigenvalue weighted by Crippen LogP contribution is -2.04. The monoisotopic (exact) mass is 201 g/mol. The number of rotatable bonds is 1. The van der Waals surface area contributed by atoms with Gasteiger partial charge in [-0.05, 0) is 0 Å². The Morgan fingerprint density at radius 3 is 2.85 bits per heavy atom. The predicted molar refractivity (Wildman–Crippen MR) is 39.3 cm³/mol. The lowest BCUT2D eigenvalue weighted by Gasteiger charge is -1.91. The smallest absolute Gasteiger partial charge is 0.279 e. The summed E-state index contributed by atoms with van der Waals surface area (Å²) in [6, 6.07) is 0. The second-order valence-electron chi connectivity index (χ2n) is 2.16. The van der Waals surface area contributed by atoms with Gasteiger partial charge in [0.2, 0.25) is 5.65 Å². The van der Waals surface area contributed by atoms with Gasteiger partial charge in [0.05, 0.1) is 6.20 Å². The van der Waals surface area contributed by atoms with Gasteiger partial charge in [0.1, 0.15) is 5.52 Å². The highest BCUT2D eigenvalue weighted by Crippen LogP contribution is 2.05. The second kappa shape index (κ2) is 2.44. The number of aromatic amines is 1. The average Bonchev–Trinajstić information content (AvgIpc) is 2.47. The molecule has 0 radical (unpaired) electrons. The van der Waals surface area contributed by atoms with Gasteiger partial charge in [0.15, 0.2) is 0 Å². The van der Waals surface area contributed by atoms with E-state index in [1.807, 2.05) is 0 Å². The minimum atomic E-state index is -4.38. The van der Waals surface area contributed by atoms with Crippen LogP contribution in [0.4, 0.5) is 0 Å². The van der Waals surface area contributed by atoms with Crippen LogP contribution in [-0.2, 0) is 10.1 Å². The number of H-pyrrole nitrogens is 1. The highest BCUT2D eigenvalue weighted by atomic mass is 32.2. The topological polar surface area (TPSA) is 122 Å². The summed E-state index contributed by atoms with van der Waals surface area (Å²) in [4.78, 5) is 6.83. The molecule has 68 valence electrons. The average molecular weight is 201 g/mol. The fourth-order valence-electron chi connectivity index (χ4n) is 0.762. The Morgan fingerprint density at radius 1 is 1.38 bits per heavy atom. The Kier molecular flexibility index (Phi) is 1.50. The molecule has 2 heterocycles. The Labute approximate surface area is 71.8 Å². The normalized spacial score (nSPS) is 12.1. The highest BCUT2D eigenvalue weighted by molar-refractivity contribution is 7.85. The number of hydrogen-bond acceptors (Lipinski definition) is 6. The van der Waals surface area contributed by atoms with E-state index in [1.165, 1.54) is 0 Å². The first-order valence-corrected chi connectivity index (χ1v) is 4.52. The molecule has 0 saturated heterocycles. The van der Waals surface area contributed by atoms with E-state index < -0.39 is 15.3 Å². The molecule has 0 saturated carbocycles. The summed E-state index contributed by atoms with van der Waals surface area (Å²) in [5, 5.41) is 8.69. The van der Waals surface area contributed by atoms with Crippen LogP contribution in [0.3, 0.4) is 0 Å². The molecule has 0 aliphatic rings. The first-order chi connectivity index (χ1) is 6.07. The van der Waals surface area contributed by atoms with E-state index in [4.69, 9.17) is 4.55 Å². The largest absolute Gasteiger partial charge is 0.330 e. The van der Waals surface area contributed by atoms with Crippen LogP contribution in [0, 0.1) is 0 Å². The quantitative estimate of drug-likeness (QED) is 0.448. The summed E-state index contributed by atoms with van der Waals surface area (Å²) < 4.78 is 29.7. The number of nitrogens with zero attached hydrogens (tertiary/aromatic N) is 4. The van der Waals surface area contributed by atoms with Crippen molar-refractivity contribution < 1.29 is 13.0 Å². The zero-order chi connectivity index (χ0) is 9.47. The van der Waals surface area contributed by atoms with Crippen LogP contribution in [0.2, 0.25) is 0 Å². The first kappa shape index (κ1) is 8.01. The van der Waals surface area contributed by atoms with Crippen LogP contribution in [0.5, 0.6) is 0 Å². The molecule has 0 spiro atoms. The summed E-state index contributed by atoms with van der Waals surface area (Å²) in [6.07, 6.45) is 1.15. The van der Waals surface area contributed by atoms with Crippen molar-refractivity contribution in [1.29, 1.82) is 0 Å². The zero-order valence-corrected chi connectivity index (χ0v) is 6.85. The molecule has 0 atom stereocenters. The van der Waals surface area contributed by atoms with Crippen molar-refractivity contribution in [1.82, 2.24) is 25.4 Å². The third kappa shape index (κ3) is 1.34. The third-order valence-electron chi connectivity index (χ3n) is 1.28. The van der Waals surface area contributed by atoms with E-state index in [1.54, 1.807) is 0 Å². The van der Waals surface area contributed by atoms with Crippen molar-refractivity contribution in [2.75, 3.05) is 0 Å². The van der Waals surface area contributed by atoms with Gasteiger partial charge in [-0.1, -0.05) is 0 Å². The predicted octanol–water partition coefficient (Wildman–Crippen LogP) is -1.01. The molecule has 9 heteroatoms. The molecule has 0 aliphatic carbocycles. The molecular formula is C4H3N5O3S. The van der Waals surface area contributed by atoms with Gasteiger partial charge < -0.3 is 0 Å². The summed E-state index contributed by atoms with van der Waals surface area (Å²) in [6.45, 7) is 0. The standard InChI is InChI=1S/C4H3N5O3S/c10-13(11,12)4-5-1-2-3(6-4)8-9-7-2/h1H,(H,10,11,12)(H,5,6,7,8,9). The van der Waals surface area contributed by atoms with Crippen molar-refractivity contribution in [3.63, 3.8) is 0 Å². The lowest BCUT2D eigenvalue weighted by atomic mass is 10.6. The number of hydrogen-bond donors (Lipinski definition) is 2.